The summed E-state index contributed by atoms with van der Waals surface area (Å²) < 4.78 is 31.6. The summed E-state index contributed by atoms with van der Waals surface area (Å²) in [5.74, 6) is 0. The van der Waals surface area contributed by atoms with Crippen LogP contribution >= 0.6 is 0 Å². The van der Waals surface area contributed by atoms with Crippen molar-refractivity contribution in [2.45, 2.75) is 0 Å². The van der Waals surface area contributed by atoms with Crippen molar-refractivity contribution in [1.82, 2.24) is 0 Å². The van der Waals surface area contributed by atoms with Crippen molar-refractivity contribution >= 4 is 10.4 Å². The minimum Gasteiger partial charge on any atom is -1.00 e. The van der Waals surface area contributed by atoms with Gasteiger partial charge in [0.2, 0.25) is 0 Å². The molecule has 4 nitrogen and oxygen atoms in total. The van der Waals surface area contributed by atoms with Crippen LogP contribution in [0.15, 0.2) is 0 Å². The van der Waals surface area contributed by atoms with Gasteiger partial charge in [-0.1, -0.05) is 0 Å². The topological polar surface area (TPSA) is 74.6 Å². The summed E-state index contributed by atoms with van der Waals surface area (Å²) >= 11 is 0. The summed E-state index contributed by atoms with van der Waals surface area (Å²) in [6.45, 7) is 0. The molecule has 0 aliphatic heterocycles. The van der Waals surface area contributed by atoms with Gasteiger partial charge in [-0.05, 0) is 0 Å². The van der Waals surface area contributed by atoms with Gasteiger partial charge in [0.1, 0.15) is 0 Å². The van der Waals surface area contributed by atoms with Crippen LogP contribution in [0.5, 0.6) is 0 Å². The Morgan fingerprint density at radius 3 is 1.14 bits per heavy atom. The van der Waals surface area contributed by atoms with E-state index in [1.807, 2.05) is 0 Å². The largest absolute Gasteiger partial charge is 1.00 e. The fourth-order valence-corrected chi connectivity index (χ4v) is 0. The van der Waals surface area contributed by atoms with E-state index in [9.17, 15) is 0 Å². The molecular weight excluding hydrogens is 199 g/mol. The van der Waals surface area contributed by atoms with Crippen LogP contribution in [0.25, 0.3) is 0 Å². The van der Waals surface area contributed by atoms with Crippen molar-refractivity contribution < 1.29 is 64.1 Å². The maximum atomic E-state index is 8.74. The first-order valence-corrected chi connectivity index (χ1v) is 2.10. The Labute approximate surface area is 73.9 Å². The molecule has 2 N–H and O–H groups in total. The van der Waals surface area contributed by atoms with Crippen LogP contribution in [-0.2, 0) is 10.4 Å². The normalized spacial score (nSPS) is 8.29. The van der Waals surface area contributed by atoms with Crippen molar-refractivity contribution in [3.63, 3.8) is 0 Å². The molecule has 0 saturated carbocycles. The van der Waals surface area contributed by atoms with Gasteiger partial charge >= 0.3 is 40.0 Å². The number of hydrogen-bond acceptors (Lipinski definition) is 2. The van der Waals surface area contributed by atoms with Gasteiger partial charge in [-0.2, -0.15) is 8.42 Å². The zero-order valence-electron chi connectivity index (χ0n) is 3.50. The number of halogens is 1. The van der Waals surface area contributed by atoms with E-state index in [2.05, 4.69) is 0 Å². The van der Waals surface area contributed by atoms with E-state index in [1.165, 1.54) is 0 Å². The Hall–Kier alpha value is 1.35. The summed E-state index contributed by atoms with van der Waals surface area (Å²) in [6, 6.07) is 0. The van der Waals surface area contributed by atoms with Gasteiger partial charge in [-0.15, -0.1) is 0 Å². The molecule has 7 heavy (non-hydrogen) atoms. The van der Waals surface area contributed by atoms with Crippen molar-refractivity contribution in [2.24, 2.45) is 0 Å². The molecule has 0 saturated heterocycles. The van der Waals surface area contributed by atoms with Crippen molar-refractivity contribution in [3.05, 3.63) is 0 Å². The van der Waals surface area contributed by atoms with Gasteiger partial charge in [0, 0.05) is 0 Å². The molecule has 0 aromatic rings. The zero-order valence-corrected chi connectivity index (χ0v) is 7.90. The van der Waals surface area contributed by atoms with Crippen molar-refractivity contribution in [2.75, 3.05) is 0 Å². The van der Waals surface area contributed by atoms with Crippen LogP contribution in [-0.4, -0.2) is 17.5 Å². The summed E-state index contributed by atoms with van der Waals surface area (Å²) in [7, 11) is -4.67. The summed E-state index contributed by atoms with van der Waals surface area (Å²) in [4.78, 5) is 0. The SMILES string of the molecule is O=S(=O)(O)O.[Br-].[Na+]. The number of hydrogen-bond donors (Lipinski definition) is 2. The zero-order chi connectivity index (χ0) is 4.50. The van der Waals surface area contributed by atoms with Gasteiger partial charge in [0.05, 0.1) is 0 Å². The molecule has 40 valence electrons. The maximum Gasteiger partial charge on any atom is 1.00 e. The molecule has 0 unspecified atom stereocenters. The summed E-state index contributed by atoms with van der Waals surface area (Å²) in [5.41, 5.74) is 0. The molecule has 0 fully saturated rings. The third-order valence-corrected chi connectivity index (χ3v) is 0. The quantitative estimate of drug-likeness (QED) is 0.302. The van der Waals surface area contributed by atoms with Crippen LogP contribution < -0.4 is 46.5 Å². The summed E-state index contributed by atoms with van der Waals surface area (Å²) in [6.07, 6.45) is 0. The fraction of sp³-hybridized carbons (Fsp3) is 0. The molecular formula is H2BrNaO4S. The first-order valence-electron chi connectivity index (χ1n) is 0.698. The molecule has 0 atom stereocenters. The van der Waals surface area contributed by atoms with Gasteiger partial charge < -0.3 is 17.0 Å². The first-order chi connectivity index (χ1) is 2.00. The van der Waals surface area contributed by atoms with Crippen molar-refractivity contribution in [1.29, 1.82) is 0 Å². The molecule has 0 aromatic heterocycles. The monoisotopic (exact) mass is 200 g/mol. The van der Waals surface area contributed by atoms with Crippen LogP contribution in [0.4, 0.5) is 0 Å². The molecule has 0 spiro atoms. The second kappa shape index (κ2) is 5.49. The summed E-state index contributed by atoms with van der Waals surface area (Å²) in [5, 5.41) is 0. The molecule has 7 heteroatoms. The minimum absolute atomic E-state index is 0. The van der Waals surface area contributed by atoms with Gasteiger partial charge in [0.25, 0.3) is 0 Å². The predicted molar refractivity (Wildman–Crippen MR) is 14.2 cm³/mol. The smallest absolute Gasteiger partial charge is 1.00 e. The average Bonchev–Trinajstić information content (AvgIpc) is 0.722. The predicted octanol–water partition coefficient (Wildman–Crippen LogP) is -6.64. The third-order valence-electron chi connectivity index (χ3n) is 0. The standard InChI is InChI=1S/BrH.Na.H2O4S/c;;1-5(2,3)4/h1H;;(H2,1,2,3,4)/q;+1;/p-1. The van der Waals surface area contributed by atoms with Gasteiger partial charge in [-0.25, -0.2) is 0 Å². The Morgan fingerprint density at radius 1 is 1.14 bits per heavy atom. The van der Waals surface area contributed by atoms with E-state index in [1.54, 1.807) is 0 Å². The second-order valence-electron chi connectivity index (χ2n) is 0.448. The molecule has 0 aliphatic carbocycles. The first kappa shape index (κ1) is 15.8. The molecule has 0 bridgehead atoms. The molecule has 0 radical (unpaired) electrons. The number of rotatable bonds is 0. The Bertz CT molecular complexity index is 94.9. The van der Waals surface area contributed by atoms with E-state index >= 15 is 0 Å². The Morgan fingerprint density at radius 2 is 1.14 bits per heavy atom. The molecule has 0 aromatic carbocycles. The second-order valence-corrected chi connectivity index (χ2v) is 1.34. The maximum absolute atomic E-state index is 8.74. The molecule has 0 rings (SSSR count). The van der Waals surface area contributed by atoms with Crippen LogP contribution in [0, 0.1) is 0 Å². The Balaban J connectivity index is -0.0000000800. The van der Waals surface area contributed by atoms with E-state index in [0.717, 1.165) is 0 Å². The van der Waals surface area contributed by atoms with Gasteiger partial charge in [-0.3, -0.25) is 9.11 Å². The Kier molecular flexibility index (Phi) is 12.4. The fourth-order valence-electron chi connectivity index (χ4n) is 0. The van der Waals surface area contributed by atoms with E-state index < -0.39 is 10.4 Å². The van der Waals surface area contributed by atoms with E-state index in [0.29, 0.717) is 0 Å². The average molecular weight is 201 g/mol. The molecule has 0 amide bonds. The van der Waals surface area contributed by atoms with Crippen molar-refractivity contribution in [3.8, 4) is 0 Å². The van der Waals surface area contributed by atoms with Crippen LogP contribution in [0.3, 0.4) is 0 Å². The van der Waals surface area contributed by atoms with E-state index in [4.69, 9.17) is 17.5 Å². The molecule has 0 aliphatic rings. The van der Waals surface area contributed by atoms with Gasteiger partial charge in [0.15, 0.2) is 0 Å². The minimum atomic E-state index is -4.67. The van der Waals surface area contributed by atoms with Crippen LogP contribution in [0.1, 0.15) is 0 Å². The van der Waals surface area contributed by atoms with E-state index in [-0.39, 0.29) is 46.5 Å². The third kappa shape index (κ3) is 115. The molecule has 0 heterocycles. The van der Waals surface area contributed by atoms with Crippen LogP contribution in [0.2, 0.25) is 0 Å².